The maximum Gasteiger partial charge on any atom is 0.264 e. The van der Waals surface area contributed by atoms with Crippen molar-refractivity contribution < 1.29 is 17.6 Å². The lowest BCUT2D eigenvalue weighted by atomic mass is 10.1. The largest absolute Gasteiger partial charge is 0.339 e. The van der Waals surface area contributed by atoms with E-state index in [1.54, 1.807) is 23.1 Å². The zero-order valence-corrected chi connectivity index (χ0v) is 15.4. The molecule has 1 heterocycles. The first kappa shape index (κ1) is 18.4. The first-order valence-electron chi connectivity index (χ1n) is 8.54. The fourth-order valence-corrected chi connectivity index (χ4v) is 4.31. The molecule has 5 nitrogen and oxygen atoms in total. The van der Waals surface area contributed by atoms with Gasteiger partial charge in [-0.1, -0.05) is 18.2 Å². The molecule has 0 aromatic heterocycles. The number of sulfonamides is 1. The molecule has 1 saturated heterocycles. The van der Waals surface area contributed by atoms with E-state index in [9.17, 15) is 17.6 Å². The molecule has 0 atom stereocenters. The number of piperidine rings is 1. The summed E-state index contributed by atoms with van der Waals surface area (Å²) >= 11 is 0. The Labute approximate surface area is 153 Å². The van der Waals surface area contributed by atoms with E-state index in [1.807, 2.05) is 0 Å². The first-order chi connectivity index (χ1) is 12.4. The molecule has 0 aliphatic carbocycles. The average molecular weight is 376 g/mol. The van der Waals surface area contributed by atoms with Gasteiger partial charge in [-0.25, -0.2) is 12.8 Å². The predicted octanol–water partition coefficient (Wildman–Crippen LogP) is 3.28. The number of nitrogens with zero attached hydrogens (tertiary/aromatic N) is 2. The number of para-hydroxylation sites is 1. The summed E-state index contributed by atoms with van der Waals surface area (Å²) in [4.78, 5) is 14.3. The predicted molar refractivity (Wildman–Crippen MR) is 98.2 cm³/mol. The molecule has 0 bridgehead atoms. The minimum absolute atomic E-state index is 0.0360. The third-order valence-electron chi connectivity index (χ3n) is 4.57. The second kappa shape index (κ2) is 7.45. The highest BCUT2D eigenvalue weighted by Crippen LogP contribution is 2.25. The molecule has 0 radical (unpaired) electrons. The van der Waals surface area contributed by atoms with Crippen LogP contribution in [-0.2, 0) is 10.0 Å². The van der Waals surface area contributed by atoms with Gasteiger partial charge in [-0.2, -0.15) is 0 Å². The summed E-state index contributed by atoms with van der Waals surface area (Å²) in [7, 11) is -2.68. The molecular weight excluding hydrogens is 355 g/mol. The first-order valence-corrected chi connectivity index (χ1v) is 9.98. The van der Waals surface area contributed by atoms with Crippen LogP contribution in [0.1, 0.15) is 29.6 Å². The molecule has 0 N–H and O–H groups in total. The minimum atomic E-state index is -3.98. The van der Waals surface area contributed by atoms with E-state index in [4.69, 9.17) is 0 Å². The number of halogens is 1. The van der Waals surface area contributed by atoms with E-state index < -0.39 is 15.8 Å². The van der Waals surface area contributed by atoms with Gasteiger partial charge in [-0.3, -0.25) is 9.10 Å². The molecule has 1 fully saturated rings. The van der Waals surface area contributed by atoms with Crippen LogP contribution in [0.3, 0.4) is 0 Å². The van der Waals surface area contributed by atoms with Crippen molar-refractivity contribution in [3.8, 4) is 0 Å². The summed E-state index contributed by atoms with van der Waals surface area (Å²) in [6.07, 6.45) is 3.02. The van der Waals surface area contributed by atoms with Crippen LogP contribution in [0.15, 0.2) is 53.4 Å². The van der Waals surface area contributed by atoms with E-state index in [-0.39, 0.29) is 16.5 Å². The SMILES string of the molecule is CN(c1ccccc1F)S(=O)(=O)c1cccc(C(=O)N2CCCCC2)c1. The maximum absolute atomic E-state index is 14.0. The number of likely N-dealkylation sites (tertiary alicyclic amines) is 1. The summed E-state index contributed by atoms with van der Waals surface area (Å²) in [5.74, 6) is -0.797. The molecule has 2 aromatic rings. The number of rotatable bonds is 4. The lowest BCUT2D eigenvalue weighted by Crippen LogP contribution is -2.35. The number of benzene rings is 2. The summed E-state index contributed by atoms with van der Waals surface area (Å²) in [6, 6.07) is 11.6. The summed E-state index contributed by atoms with van der Waals surface area (Å²) < 4.78 is 40.6. The molecule has 7 heteroatoms. The summed E-state index contributed by atoms with van der Waals surface area (Å²) in [5.41, 5.74) is 0.287. The van der Waals surface area contributed by atoms with Crippen LogP contribution in [0.4, 0.5) is 10.1 Å². The topological polar surface area (TPSA) is 57.7 Å². The molecule has 0 spiro atoms. The normalized spacial score (nSPS) is 14.9. The highest BCUT2D eigenvalue weighted by atomic mass is 32.2. The number of amides is 1. The van der Waals surface area contributed by atoms with Crippen molar-refractivity contribution in [1.82, 2.24) is 4.90 Å². The smallest absolute Gasteiger partial charge is 0.264 e. The molecule has 0 unspecified atom stereocenters. The van der Waals surface area contributed by atoms with Crippen LogP contribution in [0.25, 0.3) is 0 Å². The van der Waals surface area contributed by atoms with Crippen molar-refractivity contribution in [2.24, 2.45) is 0 Å². The zero-order valence-electron chi connectivity index (χ0n) is 14.6. The fraction of sp³-hybridized carbons (Fsp3) is 0.316. The van der Waals surface area contributed by atoms with Crippen LogP contribution in [-0.4, -0.2) is 39.4 Å². The van der Waals surface area contributed by atoms with Gasteiger partial charge < -0.3 is 4.90 Å². The van der Waals surface area contributed by atoms with Crippen molar-refractivity contribution in [2.75, 3.05) is 24.4 Å². The Kier molecular flexibility index (Phi) is 5.27. The number of carbonyl (C=O) groups is 1. The van der Waals surface area contributed by atoms with Crippen LogP contribution in [0.2, 0.25) is 0 Å². The Bertz CT molecular complexity index is 909. The molecule has 1 amide bonds. The molecule has 26 heavy (non-hydrogen) atoms. The number of hydrogen-bond donors (Lipinski definition) is 0. The van der Waals surface area contributed by atoms with Gasteiger partial charge in [0.25, 0.3) is 15.9 Å². The van der Waals surface area contributed by atoms with Crippen molar-refractivity contribution in [3.05, 3.63) is 59.9 Å². The Morgan fingerprint density at radius 1 is 1.04 bits per heavy atom. The molecule has 2 aromatic carbocycles. The van der Waals surface area contributed by atoms with Gasteiger partial charge in [0, 0.05) is 25.7 Å². The van der Waals surface area contributed by atoms with Crippen LogP contribution < -0.4 is 4.31 Å². The summed E-state index contributed by atoms with van der Waals surface area (Å²) in [5, 5.41) is 0. The van der Waals surface area contributed by atoms with Gasteiger partial charge in [0.2, 0.25) is 0 Å². The lowest BCUT2D eigenvalue weighted by Gasteiger charge is -2.27. The Morgan fingerprint density at radius 3 is 2.42 bits per heavy atom. The average Bonchev–Trinajstić information content (AvgIpc) is 2.68. The third kappa shape index (κ3) is 3.58. The zero-order chi connectivity index (χ0) is 18.7. The Hall–Kier alpha value is -2.41. The monoisotopic (exact) mass is 376 g/mol. The van der Waals surface area contributed by atoms with E-state index in [2.05, 4.69) is 0 Å². The van der Waals surface area contributed by atoms with Gasteiger partial charge >= 0.3 is 0 Å². The fourth-order valence-electron chi connectivity index (χ4n) is 3.06. The minimum Gasteiger partial charge on any atom is -0.339 e. The lowest BCUT2D eigenvalue weighted by molar-refractivity contribution is 0.0724. The Morgan fingerprint density at radius 2 is 1.73 bits per heavy atom. The second-order valence-corrected chi connectivity index (χ2v) is 8.27. The Balaban J connectivity index is 1.91. The highest BCUT2D eigenvalue weighted by Gasteiger charge is 2.25. The quantitative estimate of drug-likeness (QED) is 0.823. The maximum atomic E-state index is 14.0. The molecular formula is C19H21FN2O3S. The van der Waals surface area contributed by atoms with E-state index in [0.717, 1.165) is 23.6 Å². The molecule has 138 valence electrons. The van der Waals surface area contributed by atoms with Crippen LogP contribution in [0.5, 0.6) is 0 Å². The van der Waals surface area contributed by atoms with E-state index >= 15 is 0 Å². The van der Waals surface area contributed by atoms with Crippen LogP contribution in [0, 0.1) is 5.82 Å². The second-order valence-electron chi connectivity index (χ2n) is 6.30. The standard InChI is InChI=1S/C19H21FN2O3S/c1-21(18-11-4-3-10-17(18)20)26(24,25)16-9-7-8-15(14-16)19(23)22-12-5-2-6-13-22/h3-4,7-11,14H,2,5-6,12-13H2,1H3. The van der Waals surface area contributed by atoms with Crippen molar-refractivity contribution in [1.29, 1.82) is 0 Å². The van der Waals surface area contributed by atoms with Crippen molar-refractivity contribution in [3.63, 3.8) is 0 Å². The van der Waals surface area contributed by atoms with E-state index in [0.29, 0.717) is 18.7 Å². The number of carbonyl (C=O) groups excluding carboxylic acids is 1. The van der Waals surface area contributed by atoms with Gasteiger partial charge in [0.05, 0.1) is 10.6 Å². The van der Waals surface area contributed by atoms with E-state index in [1.165, 1.54) is 37.4 Å². The van der Waals surface area contributed by atoms with Gasteiger partial charge in [-0.15, -0.1) is 0 Å². The van der Waals surface area contributed by atoms with Gasteiger partial charge in [0.15, 0.2) is 0 Å². The number of hydrogen-bond acceptors (Lipinski definition) is 3. The third-order valence-corrected chi connectivity index (χ3v) is 6.34. The van der Waals surface area contributed by atoms with Gasteiger partial charge in [0.1, 0.15) is 5.82 Å². The number of anilines is 1. The molecule has 3 rings (SSSR count). The van der Waals surface area contributed by atoms with Crippen molar-refractivity contribution in [2.45, 2.75) is 24.2 Å². The highest BCUT2D eigenvalue weighted by molar-refractivity contribution is 7.92. The summed E-state index contributed by atoms with van der Waals surface area (Å²) in [6.45, 7) is 1.37. The molecule has 1 aliphatic rings. The van der Waals surface area contributed by atoms with Crippen LogP contribution >= 0.6 is 0 Å². The molecule has 0 saturated carbocycles. The van der Waals surface area contributed by atoms with Crippen molar-refractivity contribution >= 4 is 21.6 Å². The van der Waals surface area contributed by atoms with Gasteiger partial charge in [-0.05, 0) is 49.6 Å². The molecule has 1 aliphatic heterocycles.